The molecule has 0 aromatic rings. The fraction of sp³-hybridized carbons (Fsp3) is 0. The molecule has 0 amide bonds. The number of hydrogen-bond acceptors (Lipinski definition) is 1. The van der Waals surface area contributed by atoms with Gasteiger partial charge in [-0.15, -0.1) is 0 Å². The van der Waals surface area contributed by atoms with Crippen molar-refractivity contribution in [3.8, 4) is 0 Å². The van der Waals surface area contributed by atoms with Gasteiger partial charge in [0.1, 0.15) is 0 Å². The number of hydrogen-bond donors (Lipinski definition) is 0. The summed E-state index contributed by atoms with van der Waals surface area (Å²) in [6, 6.07) is 0. The van der Waals surface area contributed by atoms with Crippen LogP contribution >= 0.6 is 0 Å². The standard InChI is InChI=1S/Fe.Mn.Ni.O.Zn. The van der Waals surface area contributed by atoms with Gasteiger partial charge >= 0.3 is 21.8 Å². The fourth-order valence-electron chi connectivity index (χ4n) is 0. The van der Waals surface area contributed by atoms with Gasteiger partial charge in [0.15, 0.2) is 0 Å². The summed E-state index contributed by atoms with van der Waals surface area (Å²) in [5.74, 6) is 0. The molecule has 33 valence electrons. The van der Waals surface area contributed by atoms with Crippen molar-refractivity contribution < 1.29 is 72.5 Å². The third-order valence-corrected chi connectivity index (χ3v) is 0. The van der Waals surface area contributed by atoms with Gasteiger partial charge in [-0.05, 0) is 0 Å². The van der Waals surface area contributed by atoms with Gasteiger partial charge in [0.2, 0.25) is 0 Å². The molecule has 0 rings (SSSR count). The van der Waals surface area contributed by atoms with Crippen LogP contribution in [0.4, 0.5) is 0 Å². The zero-order chi connectivity index (χ0) is 2.00. The SMILES string of the molecule is [Fe].[Mn].[Ni].[O]=[Zn]. The average molecular weight is 251 g/mol. The van der Waals surface area contributed by atoms with Gasteiger partial charge in [-0.2, -0.15) is 0 Å². The molecule has 0 fully saturated rings. The van der Waals surface area contributed by atoms with E-state index in [4.69, 9.17) is 3.57 Å². The van der Waals surface area contributed by atoms with Crippen LogP contribution in [0.3, 0.4) is 0 Å². The van der Waals surface area contributed by atoms with E-state index in [2.05, 4.69) is 0 Å². The Morgan fingerprint density at radius 2 is 1.20 bits per heavy atom. The Kier molecular flexibility index (Phi) is 216. The molecule has 0 aromatic carbocycles. The molecule has 0 bridgehead atoms. The summed E-state index contributed by atoms with van der Waals surface area (Å²) < 4.78 is 8.38. The van der Waals surface area contributed by atoms with E-state index in [0.717, 1.165) is 0 Å². The zero-order valence-electron chi connectivity index (χ0n) is 2.16. The molecule has 0 spiro atoms. The molecule has 5 heteroatoms. The monoisotopic (exact) mass is 249 g/mol. The quantitative estimate of drug-likeness (QED) is 0.548. The Morgan fingerprint density at radius 1 is 1.20 bits per heavy atom. The maximum atomic E-state index is 8.38. The van der Waals surface area contributed by atoms with Crippen LogP contribution in [0.15, 0.2) is 0 Å². The van der Waals surface area contributed by atoms with E-state index in [1.54, 1.807) is 0 Å². The van der Waals surface area contributed by atoms with Crippen molar-refractivity contribution >= 4 is 0 Å². The third kappa shape index (κ3) is 24.4. The molecular weight excluding hydrogens is 251 g/mol. The zero-order valence-corrected chi connectivity index (χ0v) is 8.40. The van der Waals surface area contributed by atoms with Crippen molar-refractivity contribution in [1.29, 1.82) is 0 Å². The molecule has 0 N–H and O–H groups in total. The van der Waals surface area contributed by atoms with Crippen LogP contribution in [0, 0.1) is 0 Å². The first-order chi connectivity index (χ1) is 1.00. The van der Waals surface area contributed by atoms with E-state index >= 15 is 0 Å². The van der Waals surface area contributed by atoms with Gasteiger partial charge in [-0.25, -0.2) is 0 Å². The second-order valence-corrected chi connectivity index (χ2v) is 0. The predicted molar refractivity (Wildman–Crippen MR) is 0.686 cm³/mol. The summed E-state index contributed by atoms with van der Waals surface area (Å²) in [4.78, 5) is 0. The van der Waals surface area contributed by atoms with Crippen LogP contribution < -0.4 is 0 Å². The van der Waals surface area contributed by atoms with Crippen molar-refractivity contribution in [2.24, 2.45) is 0 Å². The summed E-state index contributed by atoms with van der Waals surface area (Å²) in [5, 5.41) is 0. The molecule has 0 heterocycles. The Balaban J connectivity index is -0.00000000167. The van der Waals surface area contributed by atoms with Crippen LogP contribution in [-0.2, 0) is 72.5 Å². The average Bonchev–Trinajstić information content (AvgIpc) is 1.00. The van der Waals surface area contributed by atoms with Crippen LogP contribution in [0.1, 0.15) is 0 Å². The van der Waals surface area contributed by atoms with Crippen molar-refractivity contribution in [3.63, 3.8) is 0 Å². The second kappa shape index (κ2) is 38.2. The Morgan fingerprint density at radius 3 is 1.20 bits per heavy atom. The van der Waals surface area contributed by atoms with Gasteiger partial charge in [-0.1, -0.05) is 0 Å². The summed E-state index contributed by atoms with van der Waals surface area (Å²) in [6.07, 6.45) is 0. The van der Waals surface area contributed by atoms with Gasteiger partial charge in [0.25, 0.3) is 0 Å². The van der Waals surface area contributed by atoms with E-state index in [9.17, 15) is 0 Å². The maximum absolute atomic E-state index is 8.38. The van der Waals surface area contributed by atoms with E-state index < -0.39 is 0 Å². The van der Waals surface area contributed by atoms with Crippen LogP contribution in [0.2, 0.25) is 0 Å². The first-order valence-electron chi connectivity index (χ1n) is 0.289. The topological polar surface area (TPSA) is 17.1 Å². The van der Waals surface area contributed by atoms with E-state index in [-0.39, 0.29) is 68.9 Å². The molecule has 0 saturated heterocycles. The van der Waals surface area contributed by atoms with Gasteiger partial charge < -0.3 is 0 Å². The normalized spacial score (nSPS) is 1.20. The van der Waals surface area contributed by atoms with E-state index in [0.29, 0.717) is 0 Å². The van der Waals surface area contributed by atoms with Crippen molar-refractivity contribution in [2.75, 3.05) is 0 Å². The first-order valence-corrected chi connectivity index (χ1v) is 1.50. The van der Waals surface area contributed by atoms with Gasteiger partial charge in [0.05, 0.1) is 0 Å². The van der Waals surface area contributed by atoms with Gasteiger partial charge in [-0.3, -0.25) is 0 Å². The van der Waals surface area contributed by atoms with Crippen LogP contribution in [0.25, 0.3) is 0 Å². The van der Waals surface area contributed by atoms with Gasteiger partial charge in [0, 0.05) is 50.6 Å². The molecule has 0 aromatic heterocycles. The molecule has 5 heavy (non-hydrogen) atoms. The van der Waals surface area contributed by atoms with Crippen molar-refractivity contribution in [3.05, 3.63) is 0 Å². The Hall–Kier alpha value is 1.96. The molecule has 0 aliphatic rings. The fourth-order valence-corrected chi connectivity index (χ4v) is 0. The Labute approximate surface area is 71.8 Å². The summed E-state index contributed by atoms with van der Waals surface area (Å²) in [7, 11) is 0. The second-order valence-electron chi connectivity index (χ2n) is 0. The molecule has 0 atom stereocenters. The predicted octanol–water partition coefficient (Wildman–Crippen LogP) is -0.129. The van der Waals surface area contributed by atoms with Crippen LogP contribution in [-0.4, -0.2) is 0 Å². The molecule has 0 aliphatic heterocycles. The molecule has 0 unspecified atom stereocenters. The number of rotatable bonds is 0. The molecule has 0 saturated carbocycles. The molecule has 1 nitrogen and oxygen atoms in total. The summed E-state index contributed by atoms with van der Waals surface area (Å²) in [6.45, 7) is 0. The van der Waals surface area contributed by atoms with Crippen molar-refractivity contribution in [2.45, 2.75) is 0 Å². The summed E-state index contributed by atoms with van der Waals surface area (Å²) >= 11 is 0.125. The molecule has 1 radical (unpaired) electrons. The minimum atomic E-state index is 0. The summed E-state index contributed by atoms with van der Waals surface area (Å²) in [5.41, 5.74) is 0. The van der Waals surface area contributed by atoms with E-state index in [1.807, 2.05) is 0 Å². The van der Waals surface area contributed by atoms with Crippen LogP contribution in [0.5, 0.6) is 0 Å². The molecular formula is FeMnNiOZn. The third-order valence-electron chi connectivity index (χ3n) is 0. The molecule has 0 aliphatic carbocycles. The minimum absolute atomic E-state index is 0. The first kappa shape index (κ1) is 28.2. The van der Waals surface area contributed by atoms with E-state index in [1.165, 1.54) is 0 Å². The van der Waals surface area contributed by atoms with Crippen molar-refractivity contribution in [1.82, 2.24) is 0 Å². The Bertz CT molecular complexity index is 11.6.